The maximum Gasteiger partial charge on any atom is 0.0274 e. The molecule has 0 aromatic carbocycles. The Morgan fingerprint density at radius 3 is 2.37 bits per heavy atom. The second-order valence-corrected chi connectivity index (χ2v) is 8.19. The van der Waals surface area contributed by atoms with Gasteiger partial charge in [0.1, 0.15) is 0 Å². The molecular weight excluding hydrogens is 232 g/mol. The van der Waals surface area contributed by atoms with E-state index < -0.39 is 0 Å². The lowest BCUT2D eigenvalue weighted by atomic mass is 9.69. The minimum atomic E-state index is 0.340. The Bertz CT molecular complexity index is 277. The molecule has 2 nitrogen and oxygen atoms in total. The van der Waals surface area contributed by atoms with E-state index in [1.165, 1.54) is 19.3 Å². The molecule has 0 amide bonds. The van der Waals surface area contributed by atoms with E-state index in [2.05, 4.69) is 65.7 Å². The molecule has 0 heterocycles. The quantitative estimate of drug-likeness (QED) is 0.831. The van der Waals surface area contributed by atoms with E-state index in [0.29, 0.717) is 29.0 Å². The van der Waals surface area contributed by atoms with Gasteiger partial charge in [0.05, 0.1) is 0 Å². The van der Waals surface area contributed by atoms with Crippen LogP contribution in [0.5, 0.6) is 0 Å². The molecular formula is C17H36N2. The molecule has 1 aliphatic rings. The van der Waals surface area contributed by atoms with Gasteiger partial charge in [0, 0.05) is 18.1 Å². The second-order valence-electron chi connectivity index (χ2n) is 8.19. The van der Waals surface area contributed by atoms with Crippen molar-refractivity contribution in [2.45, 2.75) is 85.9 Å². The van der Waals surface area contributed by atoms with Gasteiger partial charge in [-0.1, -0.05) is 48.0 Å². The smallest absolute Gasteiger partial charge is 0.0274 e. The summed E-state index contributed by atoms with van der Waals surface area (Å²) in [5.74, 6) is 0. The summed E-state index contributed by atoms with van der Waals surface area (Å²) in [7, 11) is 2.33. The highest BCUT2D eigenvalue weighted by atomic mass is 15.2. The van der Waals surface area contributed by atoms with Crippen LogP contribution in [0.3, 0.4) is 0 Å². The summed E-state index contributed by atoms with van der Waals surface area (Å²) >= 11 is 0. The monoisotopic (exact) mass is 268 g/mol. The lowest BCUT2D eigenvalue weighted by molar-refractivity contribution is 0.0151. The van der Waals surface area contributed by atoms with Crippen LogP contribution in [0.15, 0.2) is 0 Å². The maximum atomic E-state index is 3.77. The summed E-state index contributed by atoms with van der Waals surface area (Å²) < 4.78 is 0. The van der Waals surface area contributed by atoms with Crippen molar-refractivity contribution in [2.24, 2.45) is 10.8 Å². The lowest BCUT2D eigenvalue weighted by Crippen LogP contribution is -2.60. The highest BCUT2D eigenvalue weighted by Crippen LogP contribution is 2.39. The number of nitrogens with zero attached hydrogens (tertiary/aromatic N) is 1. The predicted molar refractivity (Wildman–Crippen MR) is 85.6 cm³/mol. The average Bonchev–Trinajstić information content (AvgIpc) is 2.28. The molecule has 1 N–H and O–H groups in total. The van der Waals surface area contributed by atoms with Crippen LogP contribution in [-0.4, -0.2) is 36.6 Å². The molecule has 0 spiro atoms. The molecule has 3 atom stereocenters. The molecule has 1 fully saturated rings. The fraction of sp³-hybridized carbons (Fsp3) is 1.00. The van der Waals surface area contributed by atoms with Crippen molar-refractivity contribution in [1.82, 2.24) is 10.2 Å². The zero-order chi connectivity index (χ0) is 14.8. The highest BCUT2D eigenvalue weighted by molar-refractivity contribution is 4.99. The van der Waals surface area contributed by atoms with Gasteiger partial charge in [-0.25, -0.2) is 0 Å². The van der Waals surface area contributed by atoms with Crippen molar-refractivity contribution >= 4 is 0 Å². The van der Waals surface area contributed by atoms with Crippen LogP contribution in [0.25, 0.3) is 0 Å². The normalized spacial score (nSPS) is 29.5. The third-order valence-electron chi connectivity index (χ3n) is 5.36. The van der Waals surface area contributed by atoms with Gasteiger partial charge in [-0.15, -0.1) is 0 Å². The van der Waals surface area contributed by atoms with Gasteiger partial charge in [-0.05, 0) is 44.2 Å². The maximum absolute atomic E-state index is 3.77. The first-order valence-electron chi connectivity index (χ1n) is 8.06. The Morgan fingerprint density at radius 1 is 1.32 bits per heavy atom. The number of nitrogens with one attached hydrogen (secondary N) is 1. The van der Waals surface area contributed by atoms with Gasteiger partial charge < -0.3 is 5.32 Å². The Hall–Kier alpha value is -0.0800. The Labute approximate surface area is 121 Å². The van der Waals surface area contributed by atoms with Gasteiger partial charge >= 0.3 is 0 Å². The van der Waals surface area contributed by atoms with E-state index in [4.69, 9.17) is 0 Å². The third-order valence-corrected chi connectivity index (χ3v) is 5.36. The van der Waals surface area contributed by atoms with E-state index in [1.54, 1.807) is 0 Å². The van der Waals surface area contributed by atoms with Gasteiger partial charge in [0.15, 0.2) is 0 Å². The number of hydrogen-bond donors (Lipinski definition) is 1. The van der Waals surface area contributed by atoms with Crippen LogP contribution in [0.2, 0.25) is 0 Å². The molecule has 0 aliphatic heterocycles. The number of hydrogen-bond acceptors (Lipinski definition) is 2. The van der Waals surface area contributed by atoms with Crippen LogP contribution in [0.4, 0.5) is 0 Å². The van der Waals surface area contributed by atoms with E-state index >= 15 is 0 Å². The fourth-order valence-corrected chi connectivity index (χ4v) is 3.58. The first-order chi connectivity index (χ1) is 8.61. The molecule has 0 radical (unpaired) electrons. The fourth-order valence-electron chi connectivity index (χ4n) is 3.58. The van der Waals surface area contributed by atoms with Gasteiger partial charge in [0.2, 0.25) is 0 Å². The first-order valence-corrected chi connectivity index (χ1v) is 8.06. The van der Waals surface area contributed by atoms with Crippen molar-refractivity contribution < 1.29 is 0 Å². The van der Waals surface area contributed by atoms with Crippen molar-refractivity contribution in [2.75, 3.05) is 13.6 Å². The SMILES string of the molecule is CCNC1C(N(C)C(C)C(C)(C)C)CCCC1(C)C. The van der Waals surface area contributed by atoms with Gasteiger partial charge in [-0.2, -0.15) is 0 Å². The van der Waals surface area contributed by atoms with Crippen molar-refractivity contribution in [1.29, 1.82) is 0 Å². The molecule has 0 bridgehead atoms. The molecule has 19 heavy (non-hydrogen) atoms. The number of likely N-dealkylation sites (N-methyl/N-ethyl adjacent to an activating group) is 2. The Balaban J connectivity index is 2.89. The van der Waals surface area contributed by atoms with Crippen LogP contribution < -0.4 is 5.32 Å². The Kier molecular flexibility index (Phi) is 5.48. The average molecular weight is 268 g/mol. The van der Waals surface area contributed by atoms with Crippen LogP contribution in [0.1, 0.15) is 67.7 Å². The topological polar surface area (TPSA) is 15.3 Å². The summed E-state index contributed by atoms with van der Waals surface area (Å²) in [5.41, 5.74) is 0.748. The molecule has 114 valence electrons. The molecule has 1 rings (SSSR count). The molecule has 3 unspecified atom stereocenters. The molecule has 0 saturated heterocycles. The minimum absolute atomic E-state index is 0.340. The van der Waals surface area contributed by atoms with E-state index in [-0.39, 0.29) is 0 Å². The summed E-state index contributed by atoms with van der Waals surface area (Å²) in [4.78, 5) is 2.63. The first kappa shape index (κ1) is 17.0. The largest absolute Gasteiger partial charge is 0.312 e. The standard InChI is InChI=1S/C17H36N2/c1-9-18-15-14(11-10-12-17(15,6)7)19(8)13(2)16(3,4)5/h13-15,18H,9-12H2,1-8H3. The van der Waals surface area contributed by atoms with Crippen molar-refractivity contribution in [3.63, 3.8) is 0 Å². The summed E-state index contributed by atoms with van der Waals surface area (Å²) in [5, 5.41) is 3.77. The summed E-state index contributed by atoms with van der Waals surface area (Å²) in [6.07, 6.45) is 4.04. The van der Waals surface area contributed by atoms with Crippen molar-refractivity contribution in [3.8, 4) is 0 Å². The molecule has 2 heteroatoms. The number of rotatable bonds is 4. The molecule has 1 aliphatic carbocycles. The van der Waals surface area contributed by atoms with E-state index in [9.17, 15) is 0 Å². The Morgan fingerprint density at radius 2 is 1.89 bits per heavy atom. The predicted octanol–water partition coefficient (Wildman–Crippen LogP) is 3.91. The van der Waals surface area contributed by atoms with Crippen LogP contribution in [0, 0.1) is 10.8 Å². The van der Waals surface area contributed by atoms with Gasteiger partial charge in [0.25, 0.3) is 0 Å². The zero-order valence-electron chi connectivity index (χ0n) is 14.5. The van der Waals surface area contributed by atoms with E-state index in [1.807, 2.05) is 0 Å². The summed E-state index contributed by atoms with van der Waals surface area (Å²) in [6.45, 7) is 17.6. The van der Waals surface area contributed by atoms with Crippen LogP contribution in [-0.2, 0) is 0 Å². The van der Waals surface area contributed by atoms with Gasteiger partial charge in [-0.3, -0.25) is 4.90 Å². The highest BCUT2D eigenvalue weighted by Gasteiger charge is 2.42. The molecule has 0 aromatic rings. The van der Waals surface area contributed by atoms with E-state index in [0.717, 1.165) is 6.54 Å². The molecule has 0 aromatic heterocycles. The second kappa shape index (κ2) is 6.13. The van der Waals surface area contributed by atoms with Crippen molar-refractivity contribution in [3.05, 3.63) is 0 Å². The molecule has 1 saturated carbocycles. The summed E-state index contributed by atoms with van der Waals surface area (Å²) in [6, 6.07) is 1.88. The minimum Gasteiger partial charge on any atom is -0.312 e. The van der Waals surface area contributed by atoms with Crippen LogP contribution >= 0.6 is 0 Å². The third kappa shape index (κ3) is 3.95. The lowest BCUT2D eigenvalue weighted by Gasteiger charge is -2.51. The zero-order valence-corrected chi connectivity index (χ0v) is 14.5.